The number of hydrogen-bond donors (Lipinski definition) is 2. The molecule has 12 heteroatoms. The SMILES string of the molecule is CC(C)n1cc(-c2ccc(Cl)c(C[C@H](NC(=O)C(C)(F)F)C(=O)Nc3ccc(-c4nncn4C)cc3)c2)ccc1=O. The van der Waals surface area contributed by atoms with Crippen molar-refractivity contribution in [2.45, 2.75) is 45.2 Å². The summed E-state index contributed by atoms with van der Waals surface area (Å²) in [5.41, 5.74) is 2.87. The molecule has 0 saturated heterocycles. The first-order valence-corrected chi connectivity index (χ1v) is 13.2. The van der Waals surface area contributed by atoms with Crippen LogP contribution in [0.5, 0.6) is 0 Å². The van der Waals surface area contributed by atoms with Gasteiger partial charge in [-0.2, -0.15) is 8.78 Å². The number of rotatable bonds is 9. The summed E-state index contributed by atoms with van der Waals surface area (Å²) in [5.74, 6) is -5.38. The lowest BCUT2D eigenvalue weighted by Gasteiger charge is -2.21. The summed E-state index contributed by atoms with van der Waals surface area (Å²) in [6, 6.07) is 13.5. The van der Waals surface area contributed by atoms with Gasteiger partial charge < -0.3 is 19.8 Å². The van der Waals surface area contributed by atoms with Crippen LogP contribution in [0, 0.1) is 0 Å². The number of anilines is 1. The number of hydrogen-bond acceptors (Lipinski definition) is 5. The highest BCUT2D eigenvalue weighted by Gasteiger charge is 2.35. The number of alkyl halides is 2. The third kappa shape index (κ3) is 7.04. The molecule has 0 spiro atoms. The lowest BCUT2D eigenvalue weighted by molar-refractivity contribution is -0.145. The highest BCUT2D eigenvalue weighted by atomic mass is 35.5. The van der Waals surface area contributed by atoms with Crippen molar-refractivity contribution in [1.82, 2.24) is 24.6 Å². The van der Waals surface area contributed by atoms with Gasteiger partial charge in [-0.05, 0) is 73.0 Å². The fourth-order valence-corrected chi connectivity index (χ4v) is 4.37. The Morgan fingerprint density at radius 3 is 2.29 bits per heavy atom. The quantitative estimate of drug-likeness (QED) is 0.293. The Kier molecular flexibility index (Phi) is 8.67. The maximum atomic E-state index is 13.8. The van der Waals surface area contributed by atoms with Gasteiger partial charge in [-0.25, -0.2) is 0 Å². The molecule has 0 saturated carbocycles. The van der Waals surface area contributed by atoms with E-state index in [-0.39, 0.29) is 23.0 Å². The van der Waals surface area contributed by atoms with E-state index in [0.717, 1.165) is 11.1 Å². The summed E-state index contributed by atoms with van der Waals surface area (Å²) in [6.45, 7) is 4.23. The number of halogens is 3. The average molecular weight is 583 g/mol. The number of carbonyl (C=O) groups excluding carboxylic acids is 2. The number of amides is 2. The lowest BCUT2D eigenvalue weighted by atomic mass is 9.99. The second-order valence-corrected chi connectivity index (χ2v) is 10.4. The Hall–Kier alpha value is -4.38. The smallest absolute Gasteiger partial charge is 0.321 e. The van der Waals surface area contributed by atoms with Crippen molar-refractivity contribution in [3.8, 4) is 22.5 Å². The van der Waals surface area contributed by atoms with Crippen LogP contribution >= 0.6 is 11.6 Å². The Labute approximate surface area is 240 Å². The zero-order valence-electron chi connectivity index (χ0n) is 22.9. The van der Waals surface area contributed by atoms with Gasteiger partial charge in [0.25, 0.3) is 11.5 Å². The predicted molar refractivity (Wildman–Crippen MR) is 153 cm³/mol. The molecule has 2 amide bonds. The number of aryl methyl sites for hydroxylation is 1. The van der Waals surface area contributed by atoms with Crippen LogP contribution in [-0.2, 0) is 23.1 Å². The van der Waals surface area contributed by atoms with Crippen molar-refractivity contribution >= 4 is 29.1 Å². The van der Waals surface area contributed by atoms with Gasteiger partial charge in [-0.3, -0.25) is 14.4 Å². The van der Waals surface area contributed by atoms with Crippen molar-refractivity contribution in [2.75, 3.05) is 5.32 Å². The highest BCUT2D eigenvalue weighted by Crippen LogP contribution is 2.27. The first-order chi connectivity index (χ1) is 19.3. The van der Waals surface area contributed by atoms with E-state index in [2.05, 4.69) is 20.8 Å². The number of pyridine rings is 1. The number of nitrogens with one attached hydrogen (secondary N) is 2. The van der Waals surface area contributed by atoms with Crippen molar-refractivity contribution < 1.29 is 18.4 Å². The monoisotopic (exact) mass is 582 g/mol. The fourth-order valence-electron chi connectivity index (χ4n) is 4.18. The van der Waals surface area contributed by atoms with Gasteiger partial charge in [0.05, 0.1) is 0 Å². The van der Waals surface area contributed by atoms with E-state index in [9.17, 15) is 23.2 Å². The predicted octanol–water partition coefficient (Wildman–Crippen LogP) is 4.87. The molecular formula is C29H29ClF2N6O3. The first kappa shape index (κ1) is 29.6. The molecule has 1 atom stereocenters. The van der Waals surface area contributed by atoms with Gasteiger partial charge >= 0.3 is 5.92 Å². The van der Waals surface area contributed by atoms with Crippen molar-refractivity contribution in [2.24, 2.45) is 7.05 Å². The van der Waals surface area contributed by atoms with Crippen molar-refractivity contribution in [3.05, 3.63) is 88.1 Å². The minimum atomic E-state index is -3.70. The molecule has 0 aliphatic rings. The van der Waals surface area contributed by atoms with E-state index in [0.29, 0.717) is 29.6 Å². The summed E-state index contributed by atoms with van der Waals surface area (Å²) in [4.78, 5) is 37.7. The normalized spacial score (nSPS) is 12.3. The van der Waals surface area contributed by atoms with Crippen LogP contribution in [0.4, 0.5) is 14.5 Å². The fraction of sp³-hybridized carbons (Fsp3) is 0.276. The summed E-state index contributed by atoms with van der Waals surface area (Å²) in [5, 5.41) is 13.0. The molecule has 2 aromatic carbocycles. The Balaban J connectivity index is 1.61. The van der Waals surface area contributed by atoms with Crippen LogP contribution in [0.2, 0.25) is 5.02 Å². The summed E-state index contributed by atoms with van der Waals surface area (Å²) >= 11 is 6.44. The summed E-state index contributed by atoms with van der Waals surface area (Å²) < 4.78 is 30.9. The van der Waals surface area contributed by atoms with Crippen LogP contribution in [0.1, 0.15) is 32.4 Å². The molecule has 214 valence electrons. The molecule has 0 bridgehead atoms. The molecule has 2 heterocycles. The zero-order valence-corrected chi connectivity index (χ0v) is 23.6. The van der Waals surface area contributed by atoms with Crippen molar-refractivity contribution in [3.63, 3.8) is 0 Å². The van der Waals surface area contributed by atoms with E-state index < -0.39 is 23.8 Å². The van der Waals surface area contributed by atoms with Gasteiger partial charge in [-0.15, -0.1) is 10.2 Å². The van der Waals surface area contributed by atoms with Crippen LogP contribution in [0.15, 0.2) is 71.9 Å². The van der Waals surface area contributed by atoms with E-state index in [1.807, 2.05) is 13.8 Å². The van der Waals surface area contributed by atoms with E-state index in [1.54, 1.807) is 77.2 Å². The number of carbonyl (C=O) groups is 2. The molecule has 0 radical (unpaired) electrons. The standard InChI is InChI=1S/C29H29ClF2N6O3/c1-17(2)38-15-20(8-12-25(38)39)19-7-11-23(30)21(13-19)14-24(35-28(41)29(3,31)32)27(40)34-22-9-5-18(6-10-22)26-36-33-16-37(26)4/h5-13,15-17,24H,14H2,1-4H3,(H,34,40)(H,35,41)/t24-/m0/s1. The number of nitrogens with zero attached hydrogens (tertiary/aromatic N) is 4. The molecule has 0 aliphatic carbocycles. The van der Waals surface area contributed by atoms with Crippen LogP contribution in [0.3, 0.4) is 0 Å². The van der Waals surface area contributed by atoms with Crippen LogP contribution in [0.25, 0.3) is 22.5 Å². The van der Waals surface area contributed by atoms with Gasteiger partial charge in [0.1, 0.15) is 12.4 Å². The summed E-state index contributed by atoms with van der Waals surface area (Å²) in [6.07, 6.45) is 3.11. The molecule has 0 fully saturated rings. The molecule has 4 aromatic rings. The maximum Gasteiger partial charge on any atom is 0.321 e. The molecular weight excluding hydrogens is 554 g/mol. The Morgan fingerprint density at radius 1 is 1.02 bits per heavy atom. The topological polar surface area (TPSA) is 111 Å². The highest BCUT2D eigenvalue weighted by molar-refractivity contribution is 6.31. The van der Waals surface area contributed by atoms with E-state index >= 15 is 0 Å². The largest absolute Gasteiger partial charge is 0.339 e. The lowest BCUT2D eigenvalue weighted by Crippen LogP contribution is -2.50. The first-order valence-electron chi connectivity index (χ1n) is 12.8. The second kappa shape index (κ2) is 12.0. The molecule has 0 unspecified atom stereocenters. The average Bonchev–Trinajstić information content (AvgIpc) is 3.35. The summed E-state index contributed by atoms with van der Waals surface area (Å²) in [7, 11) is 1.79. The minimum absolute atomic E-state index is 0.0670. The van der Waals surface area contributed by atoms with Crippen molar-refractivity contribution in [1.29, 1.82) is 0 Å². The van der Waals surface area contributed by atoms with Crippen LogP contribution in [-0.4, -0.2) is 43.1 Å². The molecule has 41 heavy (non-hydrogen) atoms. The van der Waals surface area contributed by atoms with E-state index in [1.165, 1.54) is 6.07 Å². The number of aromatic nitrogens is 4. The molecule has 2 aromatic heterocycles. The Bertz CT molecular complexity index is 1630. The van der Waals surface area contributed by atoms with Gasteiger partial charge in [0, 0.05) is 55.0 Å². The zero-order chi connectivity index (χ0) is 29.9. The van der Waals surface area contributed by atoms with Gasteiger partial charge in [0.2, 0.25) is 5.91 Å². The third-order valence-electron chi connectivity index (χ3n) is 6.44. The minimum Gasteiger partial charge on any atom is -0.339 e. The van der Waals surface area contributed by atoms with E-state index in [4.69, 9.17) is 11.6 Å². The van der Waals surface area contributed by atoms with Gasteiger partial charge in [0.15, 0.2) is 5.82 Å². The Morgan fingerprint density at radius 2 is 1.68 bits per heavy atom. The maximum absolute atomic E-state index is 13.8. The second-order valence-electron chi connectivity index (χ2n) is 10.0. The molecule has 9 nitrogen and oxygen atoms in total. The van der Waals surface area contributed by atoms with Crippen LogP contribution < -0.4 is 16.2 Å². The molecule has 2 N–H and O–H groups in total. The molecule has 0 aliphatic heterocycles. The molecule has 4 rings (SSSR count). The van der Waals surface area contributed by atoms with Gasteiger partial charge in [-0.1, -0.05) is 17.7 Å². The third-order valence-corrected chi connectivity index (χ3v) is 6.81. The number of benzene rings is 2.